The first-order valence-electron chi connectivity index (χ1n) is 3.91. The Morgan fingerprint density at radius 3 is 2.64 bits per heavy atom. The molecule has 1 N–H and O–H groups in total. The Morgan fingerprint density at radius 1 is 1.64 bits per heavy atom. The van der Waals surface area contributed by atoms with Gasteiger partial charge in [0.2, 0.25) is 0 Å². The van der Waals surface area contributed by atoms with Crippen LogP contribution in [0.4, 0.5) is 0 Å². The van der Waals surface area contributed by atoms with E-state index < -0.39 is 11.9 Å². The van der Waals surface area contributed by atoms with Crippen LogP contribution in [-0.4, -0.2) is 11.1 Å². The molecule has 2 heteroatoms. The van der Waals surface area contributed by atoms with Gasteiger partial charge < -0.3 is 5.11 Å². The summed E-state index contributed by atoms with van der Waals surface area (Å²) in [6.45, 7) is 2.08. The molecule has 0 aromatic heterocycles. The zero-order valence-corrected chi connectivity index (χ0v) is 6.84. The summed E-state index contributed by atoms with van der Waals surface area (Å²) in [4.78, 5) is 10.4. The van der Waals surface area contributed by atoms with Crippen molar-refractivity contribution in [3.05, 3.63) is 0 Å². The van der Waals surface area contributed by atoms with Crippen molar-refractivity contribution in [2.24, 2.45) is 5.92 Å². The van der Waals surface area contributed by atoms with E-state index in [1.165, 1.54) is 0 Å². The van der Waals surface area contributed by atoms with Crippen molar-refractivity contribution < 1.29 is 9.90 Å². The van der Waals surface area contributed by atoms with Gasteiger partial charge >= 0.3 is 5.97 Å². The third-order valence-electron chi connectivity index (χ3n) is 1.60. The van der Waals surface area contributed by atoms with Crippen LogP contribution in [0.25, 0.3) is 0 Å². The van der Waals surface area contributed by atoms with Crippen LogP contribution >= 0.6 is 0 Å². The molecule has 0 radical (unpaired) electrons. The highest BCUT2D eigenvalue weighted by Gasteiger charge is 2.12. The molecular weight excluding hydrogens is 140 g/mol. The maximum absolute atomic E-state index is 10.4. The van der Waals surface area contributed by atoms with Crippen LogP contribution in [0.15, 0.2) is 0 Å². The summed E-state index contributed by atoms with van der Waals surface area (Å²) in [5, 5.41) is 8.53. The second-order valence-corrected chi connectivity index (χ2v) is 2.55. The van der Waals surface area contributed by atoms with Gasteiger partial charge in [0.15, 0.2) is 0 Å². The Bertz CT molecular complexity index is 155. The van der Waals surface area contributed by atoms with Crippen LogP contribution < -0.4 is 0 Å². The van der Waals surface area contributed by atoms with Gasteiger partial charge in [-0.15, -0.1) is 6.42 Å². The maximum Gasteiger partial charge on any atom is 0.318 e. The van der Waals surface area contributed by atoms with Crippen molar-refractivity contribution in [1.82, 2.24) is 0 Å². The Balaban J connectivity index is 3.55. The molecule has 0 saturated carbocycles. The predicted octanol–water partition coefficient (Wildman–Crippen LogP) is 1.90. The highest BCUT2D eigenvalue weighted by molar-refractivity contribution is 5.73. The molecule has 62 valence electrons. The lowest BCUT2D eigenvalue weighted by molar-refractivity contribution is -0.139. The number of aliphatic carboxylic acids is 1. The normalized spacial score (nSPS) is 12.0. The van der Waals surface area contributed by atoms with Crippen molar-refractivity contribution in [1.29, 1.82) is 0 Å². The SMILES string of the molecule is C#CC(CCCCC)C(=O)O. The van der Waals surface area contributed by atoms with Crippen LogP contribution in [0.5, 0.6) is 0 Å². The molecule has 0 aliphatic carbocycles. The lowest BCUT2D eigenvalue weighted by atomic mass is 10.0. The second kappa shape index (κ2) is 5.79. The van der Waals surface area contributed by atoms with Crippen LogP contribution in [0.3, 0.4) is 0 Å². The monoisotopic (exact) mass is 154 g/mol. The summed E-state index contributed by atoms with van der Waals surface area (Å²) in [7, 11) is 0. The molecule has 0 saturated heterocycles. The molecule has 0 rings (SSSR count). The van der Waals surface area contributed by atoms with Gasteiger partial charge in [0.1, 0.15) is 5.92 Å². The summed E-state index contributed by atoms with van der Waals surface area (Å²) < 4.78 is 0. The summed E-state index contributed by atoms with van der Waals surface area (Å²) in [5.41, 5.74) is 0. The summed E-state index contributed by atoms with van der Waals surface area (Å²) in [6.07, 6.45) is 8.71. The fourth-order valence-electron chi connectivity index (χ4n) is 0.877. The quantitative estimate of drug-likeness (QED) is 0.485. The second-order valence-electron chi connectivity index (χ2n) is 2.55. The van der Waals surface area contributed by atoms with Gasteiger partial charge in [-0.2, -0.15) is 0 Å². The number of carboxylic acids is 1. The molecule has 0 aliphatic rings. The molecule has 0 spiro atoms. The van der Waals surface area contributed by atoms with Crippen molar-refractivity contribution in [3.63, 3.8) is 0 Å². The zero-order chi connectivity index (χ0) is 8.69. The molecule has 0 amide bonds. The predicted molar refractivity (Wildman–Crippen MR) is 44.1 cm³/mol. The van der Waals surface area contributed by atoms with Gasteiger partial charge in [0, 0.05) is 0 Å². The highest BCUT2D eigenvalue weighted by atomic mass is 16.4. The van der Waals surface area contributed by atoms with Gasteiger partial charge in [0.25, 0.3) is 0 Å². The van der Waals surface area contributed by atoms with E-state index in [1.807, 2.05) is 0 Å². The minimum atomic E-state index is -0.872. The van der Waals surface area contributed by atoms with Crippen LogP contribution in [-0.2, 0) is 4.79 Å². The molecule has 0 bridgehead atoms. The summed E-state index contributed by atoms with van der Waals surface area (Å²) in [6, 6.07) is 0. The number of hydrogen-bond donors (Lipinski definition) is 1. The zero-order valence-electron chi connectivity index (χ0n) is 6.84. The van der Waals surface area contributed by atoms with Gasteiger partial charge in [0.05, 0.1) is 0 Å². The van der Waals surface area contributed by atoms with Crippen molar-refractivity contribution >= 4 is 5.97 Å². The lowest BCUT2D eigenvalue weighted by Crippen LogP contribution is -2.10. The molecule has 11 heavy (non-hydrogen) atoms. The van der Waals surface area contributed by atoms with E-state index >= 15 is 0 Å². The topological polar surface area (TPSA) is 37.3 Å². The fourth-order valence-corrected chi connectivity index (χ4v) is 0.877. The van der Waals surface area contributed by atoms with E-state index in [0.29, 0.717) is 6.42 Å². The van der Waals surface area contributed by atoms with E-state index in [9.17, 15) is 4.79 Å². The number of rotatable bonds is 5. The Kier molecular flexibility index (Phi) is 5.28. The Labute approximate surface area is 67.6 Å². The molecule has 1 unspecified atom stereocenters. The number of carbonyl (C=O) groups is 1. The van der Waals surface area contributed by atoms with Gasteiger partial charge in [-0.25, -0.2) is 0 Å². The van der Waals surface area contributed by atoms with Crippen molar-refractivity contribution in [3.8, 4) is 12.3 Å². The van der Waals surface area contributed by atoms with E-state index in [-0.39, 0.29) is 0 Å². The standard InChI is InChI=1S/C9H14O2/c1-3-5-6-7-8(4-2)9(10)11/h2,8H,3,5-7H2,1H3,(H,10,11). The Morgan fingerprint density at radius 2 is 2.27 bits per heavy atom. The molecule has 0 aromatic carbocycles. The molecule has 0 aliphatic heterocycles. The summed E-state index contributed by atoms with van der Waals surface area (Å²) >= 11 is 0. The number of hydrogen-bond acceptors (Lipinski definition) is 1. The van der Waals surface area contributed by atoms with Gasteiger partial charge in [-0.3, -0.25) is 4.79 Å². The third-order valence-corrected chi connectivity index (χ3v) is 1.60. The lowest BCUT2D eigenvalue weighted by Gasteiger charge is -2.02. The van der Waals surface area contributed by atoms with E-state index in [1.54, 1.807) is 0 Å². The highest BCUT2D eigenvalue weighted by Crippen LogP contribution is 2.08. The molecule has 0 aromatic rings. The first-order valence-corrected chi connectivity index (χ1v) is 3.91. The van der Waals surface area contributed by atoms with E-state index in [2.05, 4.69) is 12.8 Å². The van der Waals surface area contributed by atoms with Gasteiger partial charge in [-0.1, -0.05) is 32.1 Å². The maximum atomic E-state index is 10.4. The first-order chi connectivity index (χ1) is 5.22. The smallest absolute Gasteiger partial charge is 0.318 e. The summed E-state index contributed by atoms with van der Waals surface area (Å²) in [5.74, 6) is 0.807. The minimum absolute atomic E-state index is 0.582. The number of carboxylic acid groups (broad SMARTS) is 1. The number of terminal acetylenes is 1. The molecular formula is C9H14O2. The van der Waals surface area contributed by atoms with Crippen LogP contribution in [0.2, 0.25) is 0 Å². The largest absolute Gasteiger partial charge is 0.480 e. The van der Waals surface area contributed by atoms with Gasteiger partial charge in [-0.05, 0) is 6.42 Å². The average Bonchev–Trinajstić information content (AvgIpc) is 1.97. The van der Waals surface area contributed by atoms with E-state index in [4.69, 9.17) is 11.5 Å². The van der Waals surface area contributed by atoms with E-state index in [0.717, 1.165) is 19.3 Å². The molecule has 0 heterocycles. The van der Waals surface area contributed by atoms with Crippen molar-refractivity contribution in [2.75, 3.05) is 0 Å². The average molecular weight is 154 g/mol. The fraction of sp³-hybridized carbons (Fsp3) is 0.667. The Hall–Kier alpha value is -0.970. The molecule has 1 atom stereocenters. The molecule has 2 nitrogen and oxygen atoms in total. The van der Waals surface area contributed by atoms with Crippen LogP contribution in [0, 0.1) is 18.3 Å². The van der Waals surface area contributed by atoms with Crippen LogP contribution in [0.1, 0.15) is 32.6 Å². The third kappa shape index (κ3) is 4.44. The number of unbranched alkanes of at least 4 members (excludes halogenated alkanes) is 2. The first kappa shape index (κ1) is 10.0. The van der Waals surface area contributed by atoms with Crippen molar-refractivity contribution in [2.45, 2.75) is 32.6 Å². The minimum Gasteiger partial charge on any atom is -0.480 e. The molecule has 0 fully saturated rings.